The number of rotatable bonds is 6. The number of pyridine rings is 1. The molecule has 2 heterocycles. The van der Waals surface area contributed by atoms with Gasteiger partial charge in [0.15, 0.2) is 0 Å². The molecule has 6 heteroatoms. The summed E-state index contributed by atoms with van der Waals surface area (Å²) in [7, 11) is 1.65. The lowest BCUT2D eigenvalue weighted by Crippen LogP contribution is -2.35. The lowest BCUT2D eigenvalue weighted by molar-refractivity contribution is -0.0518. The Kier molecular flexibility index (Phi) is 5.61. The van der Waals surface area contributed by atoms with E-state index >= 15 is 0 Å². The Morgan fingerprint density at radius 2 is 2.27 bits per heavy atom. The number of methoxy groups -OCH3 is 1. The molecule has 1 aliphatic carbocycles. The van der Waals surface area contributed by atoms with Crippen molar-refractivity contribution in [2.75, 3.05) is 20.3 Å². The monoisotopic (exact) mass is 364 g/mol. The second-order valence-corrected chi connectivity index (χ2v) is 7.23. The molecule has 1 saturated carbocycles. The van der Waals surface area contributed by atoms with E-state index in [-0.39, 0.29) is 24.7 Å². The molecule has 1 fully saturated rings. The second kappa shape index (κ2) is 7.74. The first-order chi connectivity index (χ1) is 12.4. The summed E-state index contributed by atoms with van der Waals surface area (Å²) in [6.45, 7) is 2.83. The van der Waals surface area contributed by atoms with Gasteiger partial charge >= 0.3 is 0 Å². The number of carbonyl (C=O) groups is 1. The van der Waals surface area contributed by atoms with Crippen molar-refractivity contribution in [3.05, 3.63) is 41.2 Å². The van der Waals surface area contributed by atoms with Crippen molar-refractivity contribution >= 4 is 11.4 Å². The molecular formula is C20H26F2N2O2. The van der Waals surface area contributed by atoms with E-state index in [1.807, 2.05) is 35.7 Å². The molecule has 4 nitrogen and oxygen atoms in total. The van der Waals surface area contributed by atoms with Crippen LogP contribution in [-0.2, 0) is 11.2 Å². The lowest BCUT2D eigenvalue weighted by Gasteiger charge is -2.28. The van der Waals surface area contributed by atoms with Crippen molar-refractivity contribution < 1.29 is 18.3 Å². The summed E-state index contributed by atoms with van der Waals surface area (Å²) in [6, 6.07) is 5.80. The highest BCUT2D eigenvalue weighted by atomic mass is 19.3. The molecular weight excluding hydrogens is 338 g/mol. The maximum absolute atomic E-state index is 13.6. The number of aromatic nitrogens is 1. The highest BCUT2D eigenvalue weighted by Crippen LogP contribution is 2.36. The number of hydrogen-bond donors (Lipinski definition) is 1. The van der Waals surface area contributed by atoms with Gasteiger partial charge < -0.3 is 14.5 Å². The molecule has 0 aromatic carbocycles. The number of fused-ring (bicyclic) bond motifs is 1. The molecule has 142 valence electrons. The van der Waals surface area contributed by atoms with E-state index < -0.39 is 5.92 Å². The summed E-state index contributed by atoms with van der Waals surface area (Å²) in [5.41, 5.74) is 3.47. The number of nitrogens with zero attached hydrogens (tertiary/aromatic N) is 1. The van der Waals surface area contributed by atoms with E-state index in [2.05, 4.69) is 5.32 Å². The molecule has 1 amide bonds. The van der Waals surface area contributed by atoms with Gasteiger partial charge in [0, 0.05) is 44.8 Å². The second-order valence-electron chi connectivity index (χ2n) is 7.23. The van der Waals surface area contributed by atoms with Gasteiger partial charge in [0.2, 0.25) is 5.92 Å². The van der Waals surface area contributed by atoms with Crippen molar-refractivity contribution in [3.63, 3.8) is 0 Å². The number of ether oxygens (including phenoxy) is 1. The van der Waals surface area contributed by atoms with E-state index in [1.165, 1.54) is 0 Å². The molecule has 1 atom stereocenters. The Labute approximate surface area is 152 Å². The van der Waals surface area contributed by atoms with E-state index in [9.17, 15) is 13.6 Å². The zero-order chi connectivity index (χ0) is 18.7. The molecule has 2 aromatic heterocycles. The minimum absolute atomic E-state index is 0.0381. The number of aryl methyl sites for hydroxylation is 1. The molecule has 0 aliphatic heterocycles. The van der Waals surface area contributed by atoms with Crippen LogP contribution in [0.3, 0.4) is 0 Å². The summed E-state index contributed by atoms with van der Waals surface area (Å²) in [6.07, 6.45) is 3.72. The Morgan fingerprint density at radius 1 is 1.46 bits per heavy atom. The number of amides is 1. The van der Waals surface area contributed by atoms with Crippen molar-refractivity contribution in [1.82, 2.24) is 9.72 Å². The third-order valence-corrected chi connectivity index (χ3v) is 5.17. The van der Waals surface area contributed by atoms with Gasteiger partial charge in [0.05, 0.1) is 17.7 Å². The molecule has 26 heavy (non-hydrogen) atoms. The topological polar surface area (TPSA) is 42.7 Å². The fraction of sp³-hybridized carbons (Fsp3) is 0.550. The minimum Gasteiger partial charge on any atom is -0.384 e. The van der Waals surface area contributed by atoms with Gasteiger partial charge in [-0.1, -0.05) is 6.07 Å². The SMILES string of the molecule is COCCc1cc(C(=O)NCC2CCCC(F)(F)C2)c2c(C)cccn12. The number of halogens is 2. The standard InChI is InChI=1S/C20H26F2N2O2/c1-14-5-4-9-24-16(7-10-26-2)11-17(18(14)24)19(25)23-13-15-6-3-8-20(21,22)12-15/h4-5,9,11,15H,3,6-8,10,12-13H2,1-2H3,(H,23,25). The van der Waals surface area contributed by atoms with Crippen molar-refractivity contribution in [2.45, 2.75) is 45.0 Å². The number of carbonyl (C=O) groups excluding carboxylic acids is 1. The third-order valence-electron chi connectivity index (χ3n) is 5.17. The molecule has 1 aliphatic rings. The molecule has 0 spiro atoms. The van der Waals surface area contributed by atoms with Crippen LogP contribution in [0.2, 0.25) is 0 Å². The van der Waals surface area contributed by atoms with Crippen molar-refractivity contribution in [2.24, 2.45) is 5.92 Å². The van der Waals surface area contributed by atoms with Gasteiger partial charge in [-0.15, -0.1) is 0 Å². The molecule has 1 unspecified atom stereocenters. The van der Waals surface area contributed by atoms with Gasteiger partial charge in [0.25, 0.3) is 5.91 Å². The van der Waals surface area contributed by atoms with Crippen LogP contribution in [0, 0.1) is 12.8 Å². The van der Waals surface area contributed by atoms with Crippen LogP contribution in [0.25, 0.3) is 5.52 Å². The average Bonchev–Trinajstić information content (AvgIpc) is 2.97. The third kappa shape index (κ3) is 4.06. The average molecular weight is 364 g/mol. The Bertz CT molecular complexity index is 785. The quantitative estimate of drug-likeness (QED) is 0.842. The summed E-state index contributed by atoms with van der Waals surface area (Å²) < 4.78 is 34.3. The van der Waals surface area contributed by atoms with Crippen molar-refractivity contribution in [3.8, 4) is 0 Å². The van der Waals surface area contributed by atoms with E-state index in [1.54, 1.807) is 7.11 Å². The van der Waals surface area contributed by atoms with Crippen LogP contribution in [0.1, 0.15) is 47.3 Å². The zero-order valence-electron chi connectivity index (χ0n) is 15.4. The molecule has 2 aromatic rings. The predicted molar refractivity (Wildman–Crippen MR) is 97.0 cm³/mol. The van der Waals surface area contributed by atoms with Gasteiger partial charge in [-0.05, 0) is 43.4 Å². The van der Waals surface area contributed by atoms with Gasteiger partial charge in [-0.3, -0.25) is 4.79 Å². The summed E-state index contributed by atoms with van der Waals surface area (Å²) in [5.74, 6) is -2.96. The fourth-order valence-electron chi connectivity index (χ4n) is 3.86. The lowest BCUT2D eigenvalue weighted by atomic mass is 9.86. The Morgan fingerprint density at radius 3 is 3.00 bits per heavy atom. The first-order valence-corrected chi connectivity index (χ1v) is 9.16. The highest BCUT2D eigenvalue weighted by Gasteiger charge is 2.36. The van der Waals surface area contributed by atoms with Crippen LogP contribution < -0.4 is 5.32 Å². The van der Waals surface area contributed by atoms with E-state index in [0.717, 1.165) is 23.2 Å². The Balaban J connectivity index is 1.77. The predicted octanol–water partition coefficient (Wildman–Crippen LogP) is 3.99. The van der Waals surface area contributed by atoms with Gasteiger partial charge in [0.1, 0.15) is 0 Å². The van der Waals surface area contributed by atoms with Crippen LogP contribution in [0.4, 0.5) is 8.78 Å². The fourth-order valence-corrected chi connectivity index (χ4v) is 3.86. The molecule has 1 N–H and O–H groups in total. The van der Waals surface area contributed by atoms with E-state index in [0.29, 0.717) is 31.6 Å². The maximum atomic E-state index is 13.6. The Hall–Kier alpha value is -1.95. The minimum atomic E-state index is -2.60. The summed E-state index contributed by atoms with van der Waals surface area (Å²) in [5, 5.41) is 2.88. The number of hydrogen-bond acceptors (Lipinski definition) is 2. The molecule has 3 rings (SSSR count). The molecule has 0 bridgehead atoms. The normalized spacial score (nSPS) is 19.6. The van der Waals surface area contributed by atoms with Crippen LogP contribution in [0.15, 0.2) is 24.4 Å². The maximum Gasteiger partial charge on any atom is 0.253 e. The van der Waals surface area contributed by atoms with E-state index in [4.69, 9.17) is 4.74 Å². The highest BCUT2D eigenvalue weighted by molar-refractivity contribution is 6.02. The summed E-state index contributed by atoms with van der Waals surface area (Å²) in [4.78, 5) is 12.8. The first kappa shape index (κ1) is 18.8. The van der Waals surface area contributed by atoms with Gasteiger partial charge in [-0.25, -0.2) is 8.78 Å². The van der Waals surface area contributed by atoms with Crippen LogP contribution in [-0.4, -0.2) is 36.5 Å². The van der Waals surface area contributed by atoms with Gasteiger partial charge in [-0.2, -0.15) is 0 Å². The van der Waals surface area contributed by atoms with Crippen molar-refractivity contribution in [1.29, 1.82) is 0 Å². The first-order valence-electron chi connectivity index (χ1n) is 9.16. The van der Waals surface area contributed by atoms with Crippen LogP contribution >= 0.6 is 0 Å². The molecule has 0 saturated heterocycles. The largest absolute Gasteiger partial charge is 0.384 e. The number of alkyl halides is 2. The zero-order valence-corrected chi connectivity index (χ0v) is 15.4. The van der Waals surface area contributed by atoms with Crippen LogP contribution in [0.5, 0.6) is 0 Å². The number of nitrogens with one attached hydrogen (secondary N) is 1. The smallest absolute Gasteiger partial charge is 0.253 e. The summed E-state index contributed by atoms with van der Waals surface area (Å²) >= 11 is 0. The molecule has 0 radical (unpaired) electrons.